The molecule has 0 aromatic heterocycles. The smallest absolute Gasteiger partial charge is 0.238 e. The number of halogens is 2. The van der Waals surface area contributed by atoms with Crippen LogP contribution in [-0.4, -0.2) is 19.6 Å². The van der Waals surface area contributed by atoms with Crippen molar-refractivity contribution in [3.8, 4) is 11.8 Å². The number of amides is 1. The molecule has 0 bridgehead atoms. The van der Waals surface area contributed by atoms with Crippen LogP contribution in [0.25, 0.3) is 0 Å². The molecule has 0 spiro atoms. The molecular formula is C18H17BrClN3O2. The molecule has 0 aliphatic rings. The predicted molar refractivity (Wildman–Crippen MR) is 102 cm³/mol. The first-order valence-corrected chi connectivity index (χ1v) is 8.68. The molecule has 0 radical (unpaired) electrons. The van der Waals surface area contributed by atoms with Gasteiger partial charge in [-0.3, -0.25) is 4.79 Å². The number of carbonyl (C=O) groups is 1. The van der Waals surface area contributed by atoms with Crippen molar-refractivity contribution in [2.45, 2.75) is 13.0 Å². The second-order valence-electron chi connectivity index (χ2n) is 5.35. The van der Waals surface area contributed by atoms with Crippen LogP contribution < -0.4 is 15.4 Å². The molecule has 1 unspecified atom stereocenters. The number of anilines is 1. The van der Waals surface area contributed by atoms with E-state index in [2.05, 4.69) is 26.6 Å². The summed E-state index contributed by atoms with van der Waals surface area (Å²) in [5.74, 6) is 0.497. The molecule has 25 heavy (non-hydrogen) atoms. The van der Waals surface area contributed by atoms with Gasteiger partial charge in [0, 0.05) is 11.1 Å². The Morgan fingerprint density at radius 3 is 2.76 bits per heavy atom. The minimum Gasteiger partial charge on any atom is -0.496 e. The van der Waals surface area contributed by atoms with Crippen LogP contribution in [0, 0.1) is 11.3 Å². The number of ether oxygens (including phenoxy) is 1. The number of rotatable bonds is 6. The molecule has 0 saturated heterocycles. The van der Waals surface area contributed by atoms with Gasteiger partial charge in [-0.2, -0.15) is 5.26 Å². The van der Waals surface area contributed by atoms with Crippen LogP contribution in [0.4, 0.5) is 5.69 Å². The zero-order valence-corrected chi connectivity index (χ0v) is 16.1. The van der Waals surface area contributed by atoms with Gasteiger partial charge in [0.15, 0.2) is 0 Å². The van der Waals surface area contributed by atoms with Gasteiger partial charge in [-0.1, -0.05) is 17.7 Å². The summed E-state index contributed by atoms with van der Waals surface area (Å²) in [6.07, 6.45) is 0. The van der Waals surface area contributed by atoms with Gasteiger partial charge in [0.25, 0.3) is 0 Å². The van der Waals surface area contributed by atoms with E-state index in [-0.39, 0.29) is 18.5 Å². The molecule has 2 aromatic rings. The topological polar surface area (TPSA) is 74.2 Å². The fourth-order valence-corrected chi connectivity index (χ4v) is 2.96. The number of hydrogen-bond acceptors (Lipinski definition) is 4. The molecule has 5 nitrogen and oxygen atoms in total. The lowest BCUT2D eigenvalue weighted by Gasteiger charge is -2.16. The molecule has 2 N–H and O–H groups in total. The van der Waals surface area contributed by atoms with Gasteiger partial charge in [0.05, 0.1) is 29.4 Å². The van der Waals surface area contributed by atoms with E-state index < -0.39 is 0 Å². The number of nitriles is 1. The van der Waals surface area contributed by atoms with Crippen LogP contribution in [0.2, 0.25) is 5.02 Å². The lowest BCUT2D eigenvalue weighted by Crippen LogP contribution is -2.30. The number of hydrogen-bond donors (Lipinski definition) is 2. The summed E-state index contributed by atoms with van der Waals surface area (Å²) in [5, 5.41) is 15.4. The van der Waals surface area contributed by atoms with E-state index in [1.165, 1.54) is 0 Å². The van der Waals surface area contributed by atoms with Crippen LogP contribution in [0.3, 0.4) is 0 Å². The average molecular weight is 423 g/mol. The predicted octanol–water partition coefficient (Wildman–Crippen LogP) is 4.27. The van der Waals surface area contributed by atoms with Crippen LogP contribution in [0.15, 0.2) is 40.9 Å². The van der Waals surface area contributed by atoms with Gasteiger partial charge in [-0.05, 0) is 58.7 Å². The highest BCUT2D eigenvalue weighted by Crippen LogP contribution is 2.28. The van der Waals surface area contributed by atoms with Crippen molar-refractivity contribution in [1.82, 2.24) is 5.32 Å². The van der Waals surface area contributed by atoms with Gasteiger partial charge in [-0.25, -0.2) is 0 Å². The van der Waals surface area contributed by atoms with Crippen LogP contribution in [0.5, 0.6) is 5.75 Å². The van der Waals surface area contributed by atoms with Gasteiger partial charge >= 0.3 is 0 Å². The molecule has 0 saturated carbocycles. The molecule has 7 heteroatoms. The third kappa shape index (κ3) is 5.20. The van der Waals surface area contributed by atoms with E-state index in [0.29, 0.717) is 16.3 Å². The molecular weight excluding hydrogens is 406 g/mol. The Labute approximate surface area is 160 Å². The largest absolute Gasteiger partial charge is 0.496 e. The van der Waals surface area contributed by atoms with E-state index in [1.54, 1.807) is 25.3 Å². The normalized spacial score (nSPS) is 11.5. The molecule has 2 aromatic carbocycles. The zero-order valence-electron chi connectivity index (χ0n) is 13.8. The Morgan fingerprint density at radius 1 is 1.36 bits per heavy atom. The van der Waals surface area contributed by atoms with Crippen molar-refractivity contribution < 1.29 is 9.53 Å². The van der Waals surface area contributed by atoms with E-state index >= 15 is 0 Å². The van der Waals surface area contributed by atoms with Gasteiger partial charge in [0.1, 0.15) is 11.8 Å². The molecule has 1 atom stereocenters. The van der Waals surface area contributed by atoms with Gasteiger partial charge in [0.2, 0.25) is 5.91 Å². The maximum atomic E-state index is 12.1. The number of methoxy groups -OCH3 is 1. The van der Waals surface area contributed by atoms with Gasteiger partial charge < -0.3 is 15.4 Å². The van der Waals surface area contributed by atoms with Crippen LogP contribution in [-0.2, 0) is 4.79 Å². The number of nitrogens with zero attached hydrogens (tertiary/aromatic N) is 1. The Bertz CT molecular complexity index is 820. The van der Waals surface area contributed by atoms with Crippen molar-refractivity contribution >= 4 is 39.1 Å². The fourth-order valence-electron chi connectivity index (χ4n) is 2.23. The molecule has 0 aliphatic heterocycles. The summed E-state index contributed by atoms with van der Waals surface area (Å²) in [6.45, 7) is 2.06. The van der Waals surface area contributed by atoms with Crippen LogP contribution >= 0.6 is 27.5 Å². The van der Waals surface area contributed by atoms with E-state index in [1.807, 2.05) is 31.2 Å². The maximum absolute atomic E-state index is 12.1. The number of benzene rings is 2. The minimum absolute atomic E-state index is 0.0391. The second kappa shape index (κ2) is 8.86. The van der Waals surface area contributed by atoms with Crippen molar-refractivity contribution in [2.24, 2.45) is 0 Å². The monoisotopic (exact) mass is 421 g/mol. The standard InChI is InChI=1S/C18H17BrClN3O2/c1-11(12-4-6-17(25-2)15(19)7-12)22-10-18(24)23-16-8-14(20)5-3-13(16)9-21/h3-8,11,22H,10H2,1-2H3,(H,23,24). The number of carbonyl (C=O) groups excluding carboxylic acids is 1. The average Bonchev–Trinajstić information content (AvgIpc) is 2.59. The van der Waals surface area contributed by atoms with Crippen LogP contribution in [0.1, 0.15) is 24.1 Å². The highest BCUT2D eigenvalue weighted by molar-refractivity contribution is 9.10. The highest BCUT2D eigenvalue weighted by atomic mass is 79.9. The first-order valence-electron chi connectivity index (χ1n) is 7.51. The van der Waals surface area contributed by atoms with E-state index in [9.17, 15) is 4.79 Å². The fraction of sp³-hybridized carbons (Fsp3) is 0.222. The SMILES string of the molecule is COc1ccc(C(C)NCC(=O)Nc2cc(Cl)ccc2C#N)cc1Br. The molecule has 1 amide bonds. The molecule has 0 heterocycles. The number of nitrogens with one attached hydrogen (secondary N) is 2. The zero-order chi connectivity index (χ0) is 18.4. The molecule has 0 aliphatic carbocycles. The molecule has 0 fully saturated rings. The lowest BCUT2D eigenvalue weighted by molar-refractivity contribution is -0.115. The third-order valence-corrected chi connectivity index (χ3v) is 4.48. The maximum Gasteiger partial charge on any atom is 0.238 e. The van der Waals surface area contributed by atoms with Crippen molar-refractivity contribution in [3.63, 3.8) is 0 Å². The first kappa shape index (κ1) is 19.3. The van der Waals surface area contributed by atoms with E-state index in [4.69, 9.17) is 21.6 Å². The van der Waals surface area contributed by atoms with E-state index in [0.717, 1.165) is 15.8 Å². The Kier molecular flexibility index (Phi) is 6.82. The summed E-state index contributed by atoms with van der Waals surface area (Å²) in [7, 11) is 1.61. The van der Waals surface area contributed by atoms with Crippen molar-refractivity contribution in [2.75, 3.05) is 19.0 Å². The third-order valence-electron chi connectivity index (χ3n) is 3.62. The lowest BCUT2D eigenvalue weighted by atomic mass is 10.1. The Morgan fingerprint density at radius 2 is 2.12 bits per heavy atom. The highest BCUT2D eigenvalue weighted by Gasteiger charge is 2.12. The summed E-state index contributed by atoms with van der Waals surface area (Å²) >= 11 is 9.36. The van der Waals surface area contributed by atoms with Gasteiger partial charge in [-0.15, -0.1) is 0 Å². The minimum atomic E-state index is -0.252. The Hall–Kier alpha value is -2.07. The molecule has 130 valence electrons. The van der Waals surface area contributed by atoms with Crippen molar-refractivity contribution in [3.05, 3.63) is 57.0 Å². The Balaban J connectivity index is 1.97. The quantitative estimate of drug-likeness (QED) is 0.729. The molecule has 2 rings (SSSR count). The van der Waals surface area contributed by atoms with Crippen molar-refractivity contribution in [1.29, 1.82) is 5.26 Å². The summed E-state index contributed by atoms with van der Waals surface area (Å²) in [6, 6.07) is 12.5. The summed E-state index contributed by atoms with van der Waals surface area (Å²) in [5.41, 5.74) is 1.78. The first-order chi connectivity index (χ1) is 11.9. The summed E-state index contributed by atoms with van der Waals surface area (Å²) < 4.78 is 6.06. The second-order valence-corrected chi connectivity index (χ2v) is 6.64. The summed E-state index contributed by atoms with van der Waals surface area (Å²) in [4.78, 5) is 12.1.